The first-order chi connectivity index (χ1) is 17.3. The maximum atomic E-state index is 13.2. The molecule has 2 fully saturated rings. The van der Waals surface area contributed by atoms with E-state index in [-0.39, 0.29) is 5.54 Å². The number of aromatic nitrogens is 2. The second-order valence-electron chi connectivity index (χ2n) is 9.84. The van der Waals surface area contributed by atoms with Crippen LogP contribution in [0, 0.1) is 12.3 Å². The number of nitrogens with one attached hydrogen (secondary N) is 2. The van der Waals surface area contributed by atoms with E-state index in [0.717, 1.165) is 65.7 Å². The van der Waals surface area contributed by atoms with Crippen LogP contribution in [0.3, 0.4) is 0 Å². The highest BCUT2D eigenvalue weighted by molar-refractivity contribution is 7.98. The summed E-state index contributed by atoms with van der Waals surface area (Å²) in [5.41, 5.74) is 2.58. The van der Waals surface area contributed by atoms with Gasteiger partial charge >= 0.3 is 0 Å². The van der Waals surface area contributed by atoms with Gasteiger partial charge in [0.2, 0.25) is 0 Å². The lowest BCUT2D eigenvalue weighted by Gasteiger charge is -2.44. The summed E-state index contributed by atoms with van der Waals surface area (Å²) in [6, 6.07) is 7.82. The molecule has 1 spiro atoms. The van der Waals surface area contributed by atoms with Gasteiger partial charge in [0.15, 0.2) is 16.1 Å². The van der Waals surface area contributed by atoms with Crippen molar-refractivity contribution in [3.63, 3.8) is 0 Å². The Labute approximate surface area is 224 Å². The Bertz CT molecular complexity index is 1280. The normalized spacial score (nSPS) is 17.6. The van der Waals surface area contributed by atoms with Crippen LogP contribution in [-0.2, 0) is 17.4 Å². The monoisotopic (exact) mass is 542 g/mol. The largest absolute Gasteiger partial charge is 0.347 e. The van der Waals surface area contributed by atoms with Gasteiger partial charge in [0.1, 0.15) is 5.84 Å². The summed E-state index contributed by atoms with van der Waals surface area (Å²) < 4.78 is 18.4. The van der Waals surface area contributed by atoms with Gasteiger partial charge in [-0.15, -0.1) is 11.3 Å². The minimum absolute atomic E-state index is 0.0165. The first-order valence-electron chi connectivity index (χ1n) is 12.5. The lowest BCUT2D eigenvalue weighted by atomic mass is 10.0. The molecule has 1 unspecified atom stereocenters. The van der Waals surface area contributed by atoms with Crippen molar-refractivity contribution in [2.75, 3.05) is 29.3 Å². The number of rotatable bonds is 8. The third kappa shape index (κ3) is 5.08. The fraction of sp³-hybridized carbons (Fsp3) is 0.462. The minimum Gasteiger partial charge on any atom is -0.347 e. The molecule has 1 aromatic carbocycles. The van der Waals surface area contributed by atoms with E-state index in [2.05, 4.69) is 40.3 Å². The Morgan fingerprint density at radius 2 is 2.11 bits per heavy atom. The van der Waals surface area contributed by atoms with Crippen molar-refractivity contribution in [2.45, 2.75) is 62.6 Å². The molecule has 1 aliphatic carbocycles. The molecule has 2 N–H and O–H groups in total. The SMILES string of the molecule is CCc1cnc(N2CCN(C(=N)c3c(C)cccc3NS(=O)c3ccn(SC(C)C)c3)C3(CC3)C2)s1. The average Bonchev–Trinajstić information content (AvgIpc) is 3.23. The fourth-order valence-electron chi connectivity index (χ4n) is 4.81. The second-order valence-corrected chi connectivity index (χ2v) is 13.7. The van der Waals surface area contributed by atoms with E-state index in [1.807, 2.05) is 53.8 Å². The number of hydrogen-bond donors (Lipinski definition) is 2. The van der Waals surface area contributed by atoms with E-state index < -0.39 is 11.0 Å². The molecule has 2 aromatic heterocycles. The summed E-state index contributed by atoms with van der Waals surface area (Å²) in [7, 11) is -1.42. The fourth-order valence-corrected chi connectivity index (χ4v) is 7.42. The summed E-state index contributed by atoms with van der Waals surface area (Å²) in [6.45, 7) is 11.0. The van der Waals surface area contributed by atoms with E-state index in [9.17, 15) is 9.62 Å². The van der Waals surface area contributed by atoms with E-state index in [1.165, 1.54) is 4.88 Å². The van der Waals surface area contributed by atoms with Crippen LogP contribution in [0.5, 0.6) is 0 Å². The van der Waals surface area contributed by atoms with E-state index >= 15 is 0 Å². The van der Waals surface area contributed by atoms with Gasteiger partial charge in [-0.2, -0.15) is 0 Å². The van der Waals surface area contributed by atoms with E-state index in [1.54, 1.807) is 23.3 Å². The van der Waals surface area contributed by atoms with Crippen LogP contribution in [0.4, 0.5) is 10.8 Å². The zero-order chi connectivity index (χ0) is 25.4. The summed E-state index contributed by atoms with van der Waals surface area (Å²) in [5, 5.41) is 10.8. The molecule has 3 aromatic rings. The number of aryl methyl sites for hydroxylation is 2. The second kappa shape index (κ2) is 10.2. The van der Waals surface area contributed by atoms with Crippen molar-refractivity contribution in [3.05, 3.63) is 58.9 Å². The maximum Gasteiger partial charge on any atom is 0.185 e. The topological polar surface area (TPSA) is 77.2 Å². The molecule has 0 amide bonds. The summed E-state index contributed by atoms with van der Waals surface area (Å²) in [4.78, 5) is 11.4. The Kier molecular flexibility index (Phi) is 7.20. The van der Waals surface area contributed by atoms with Crippen molar-refractivity contribution in [1.82, 2.24) is 13.9 Å². The van der Waals surface area contributed by atoms with Gasteiger partial charge in [-0.25, -0.2) is 9.19 Å². The van der Waals surface area contributed by atoms with Crippen molar-refractivity contribution in [3.8, 4) is 0 Å². The van der Waals surface area contributed by atoms with E-state index in [0.29, 0.717) is 11.1 Å². The number of benzene rings is 1. The van der Waals surface area contributed by atoms with Gasteiger partial charge in [-0.3, -0.25) is 9.38 Å². The van der Waals surface area contributed by atoms with Crippen molar-refractivity contribution in [2.24, 2.45) is 0 Å². The smallest absolute Gasteiger partial charge is 0.185 e. The van der Waals surface area contributed by atoms with Gasteiger partial charge in [-0.05, 0) is 55.8 Å². The van der Waals surface area contributed by atoms with Crippen molar-refractivity contribution < 1.29 is 4.21 Å². The number of piperazine rings is 1. The van der Waals surface area contributed by atoms with Gasteiger partial charge in [0.05, 0.1) is 16.1 Å². The molecule has 1 aliphatic heterocycles. The van der Waals surface area contributed by atoms with Gasteiger partial charge in [0.25, 0.3) is 0 Å². The van der Waals surface area contributed by atoms with Gasteiger partial charge in [0, 0.05) is 53.9 Å². The molecule has 7 nitrogen and oxygen atoms in total. The van der Waals surface area contributed by atoms with E-state index in [4.69, 9.17) is 0 Å². The Balaban J connectivity index is 1.34. The molecule has 0 bridgehead atoms. The summed E-state index contributed by atoms with van der Waals surface area (Å²) in [5.74, 6) is 0.520. The number of nitrogens with zero attached hydrogens (tertiary/aromatic N) is 4. The molecule has 1 saturated heterocycles. The van der Waals surface area contributed by atoms with Crippen LogP contribution in [0.1, 0.15) is 49.6 Å². The van der Waals surface area contributed by atoms with Crippen LogP contribution in [0.15, 0.2) is 47.8 Å². The average molecular weight is 543 g/mol. The first kappa shape index (κ1) is 25.4. The minimum atomic E-state index is -1.42. The first-order valence-corrected chi connectivity index (χ1v) is 15.3. The third-order valence-corrected chi connectivity index (χ3v) is 9.98. The summed E-state index contributed by atoms with van der Waals surface area (Å²) in [6.07, 6.45) is 9.03. The van der Waals surface area contributed by atoms with Crippen LogP contribution in [0.25, 0.3) is 0 Å². The standard InChI is InChI=1S/C26H34N6OS3/c1-5-20-15-28-25(34-20)30-13-14-32(26(17-30)10-11-26)24(27)23-19(4)7-6-8-22(23)29-36(33)21-9-12-31(16-21)35-18(2)3/h6-9,12,15-16,18,27,29H,5,10-11,13-14,17H2,1-4H3. The molecule has 1 atom stereocenters. The molecule has 192 valence electrons. The van der Waals surface area contributed by atoms with Crippen LogP contribution in [-0.4, -0.2) is 54.3 Å². The predicted octanol–water partition coefficient (Wildman–Crippen LogP) is 5.53. The molecular weight excluding hydrogens is 509 g/mol. The zero-order valence-electron chi connectivity index (χ0n) is 21.3. The number of anilines is 2. The molecular formula is C26H34N6OS3. The zero-order valence-corrected chi connectivity index (χ0v) is 23.7. The van der Waals surface area contributed by atoms with Crippen LogP contribution < -0.4 is 9.62 Å². The van der Waals surface area contributed by atoms with Crippen molar-refractivity contribution >= 4 is 50.9 Å². The molecule has 3 heterocycles. The number of thiazole rings is 1. The van der Waals surface area contributed by atoms with Gasteiger partial charge in [-0.1, -0.05) is 32.9 Å². The molecule has 0 radical (unpaired) electrons. The molecule has 36 heavy (non-hydrogen) atoms. The lowest BCUT2D eigenvalue weighted by molar-refractivity contribution is 0.259. The highest BCUT2D eigenvalue weighted by atomic mass is 32.2. The van der Waals surface area contributed by atoms with Crippen LogP contribution >= 0.6 is 23.3 Å². The Hall–Kier alpha value is -2.30. The molecule has 5 rings (SSSR count). The number of amidine groups is 1. The highest BCUT2D eigenvalue weighted by Gasteiger charge is 2.53. The Morgan fingerprint density at radius 3 is 2.81 bits per heavy atom. The van der Waals surface area contributed by atoms with Gasteiger partial charge < -0.3 is 14.5 Å². The summed E-state index contributed by atoms with van der Waals surface area (Å²) >= 11 is 3.47. The third-order valence-electron chi connectivity index (χ3n) is 6.81. The quantitative estimate of drug-likeness (QED) is 0.289. The highest BCUT2D eigenvalue weighted by Crippen LogP contribution is 2.46. The predicted molar refractivity (Wildman–Crippen MR) is 153 cm³/mol. The molecule has 2 aliphatic rings. The molecule has 1 saturated carbocycles. The number of hydrogen-bond acceptors (Lipinski definition) is 6. The maximum absolute atomic E-state index is 13.2. The Morgan fingerprint density at radius 1 is 1.31 bits per heavy atom. The molecule has 10 heteroatoms. The lowest BCUT2D eigenvalue weighted by Crippen LogP contribution is -2.57. The van der Waals surface area contributed by atoms with Crippen LogP contribution in [0.2, 0.25) is 0 Å². The van der Waals surface area contributed by atoms with Crippen molar-refractivity contribution in [1.29, 1.82) is 5.41 Å².